The van der Waals surface area contributed by atoms with E-state index in [0.29, 0.717) is 0 Å². The van der Waals surface area contributed by atoms with Gasteiger partial charge >= 0.3 is 7.12 Å². The molecule has 60 valence electrons. The van der Waals surface area contributed by atoms with Crippen molar-refractivity contribution in [3.63, 3.8) is 0 Å². The van der Waals surface area contributed by atoms with Crippen LogP contribution in [0.5, 0.6) is 0 Å². The molecule has 0 amide bonds. The fourth-order valence-corrected chi connectivity index (χ4v) is 0.840. The maximum atomic E-state index is 10.9. The van der Waals surface area contributed by atoms with E-state index in [2.05, 4.69) is 4.98 Å². The average molecular weight is 164 g/mol. The molecule has 0 unspecified atom stereocenters. The Kier molecular flexibility index (Phi) is 2.28. The normalized spacial score (nSPS) is 9.08. The molecule has 0 aliphatic heterocycles. The summed E-state index contributed by atoms with van der Waals surface area (Å²) in [7, 11) is -1.91. The highest BCUT2D eigenvalue weighted by Gasteiger charge is 2.19. The molecular weight excluding hydrogens is 159 g/mol. The van der Waals surface area contributed by atoms with E-state index in [1.165, 1.54) is 6.20 Å². The summed E-state index contributed by atoms with van der Waals surface area (Å²) in [6, 6.07) is 2.76. The Balaban J connectivity index is 3.43. The van der Waals surface area contributed by atoms with Crippen LogP contribution in [0.25, 0.3) is 0 Å². The number of pyridine rings is 1. The van der Waals surface area contributed by atoms with Crippen LogP contribution in [-0.2, 0) is 0 Å². The number of hydrogen-bond donors (Lipinski definition) is 3. The first-order chi connectivity index (χ1) is 5.66. The number of aromatic nitrogens is 1. The molecule has 5 nitrogen and oxygen atoms in total. The van der Waals surface area contributed by atoms with Gasteiger partial charge in [-0.15, -0.1) is 0 Å². The van der Waals surface area contributed by atoms with E-state index < -0.39 is 12.5 Å². The molecule has 1 rings (SSSR count). The van der Waals surface area contributed by atoms with Crippen molar-refractivity contribution in [2.45, 2.75) is 0 Å². The van der Waals surface area contributed by atoms with Crippen LogP contribution in [0, 0.1) is 11.3 Å². The quantitative estimate of drug-likeness (QED) is 0.415. The van der Waals surface area contributed by atoms with Gasteiger partial charge in [0.05, 0.1) is 5.46 Å². The smallest absolute Gasteiger partial charge is 0.423 e. The van der Waals surface area contributed by atoms with Crippen LogP contribution in [0.3, 0.4) is 0 Å². The Labute approximate surface area is 68.1 Å². The lowest BCUT2D eigenvalue weighted by Gasteiger charge is -1.98. The summed E-state index contributed by atoms with van der Waals surface area (Å²) in [5.74, 6) is 0. The minimum Gasteiger partial charge on any atom is -0.423 e. The summed E-state index contributed by atoms with van der Waals surface area (Å²) in [5.41, 5.74) is -1.02. The van der Waals surface area contributed by atoms with Gasteiger partial charge in [-0.3, -0.25) is 4.79 Å². The van der Waals surface area contributed by atoms with E-state index in [4.69, 9.17) is 15.3 Å². The Hall–Kier alpha value is -1.58. The van der Waals surface area contributed by atoms with E-state index in [1.807, 2.05) is 0 Å². The molecule has 12 heavy (non-hydrogen) atoms. The molecule has 6 heteroatoms. The molecule has 0 aliphatic rings. The van der Waals surface area contributed by atoms with E-state index in [1.54, 1.807) is 6.07 Å². The number of rotatable bonds is 1. The van der Waals surface area contributed by atoms with Gasteiger partial charge in [-0.1, -0.05) is 0 Å². The highest BCUT2D eigenvalue weighted by atomic mass is 16.4. The maximum absolute atomic E-state index is 10.9. The van der Waals surface area contributed by atoms with Crippen molar-refractivity contribution in [3.8, 4) is 6.07 Å². The molecule has 0 aliphatic carbocycles. The topological polar surface area (TPSA) is 97.1 Å². The lowest BCUT2D eigenvalue weighted by Crippen LogP contribution is -2.43. The van der Waals surface area contributed by atoms with Gasteiger partial charge in [-0.2, -0.15) is 5.26 Å². The largest absolute Gasteiger partial charge is 0.495 e. The lowest BCUT2D eigenvalue weighted by molar-refractivity contribution is 0.425. The van der Waals surface area contributed by atoms with Gasteiger partial charge in [-0.05, 0) is 0 Å². The zero-order valence-electron chi connectivity index (χ0n) is 5.98. The molecule has 0 radical (unpaired) electrons. The average Bonchev–Trinajstić information content (AvgIpc) is 2.03. The van der Waals surface area contributed by atoms with Crippen LogP contribution in [0.15, 0.2) is 17.1 Å². The third-order valence-electron chi connectivity index (χ3n) is 1.37. The zero-order valence-corrected chi connectivity index (χ0v) is 5.98. The molecule has 1 aromatic heterocycles. The number of nitrogens with one attached hydrogen (secondary N) is 1. The van der Waals surface area contributed by atoms with Crippen molar-refractivity contribution in [1.29, 1.82) is 5.26 Å². The summed E-state index contributed by atoms with van der Waals surface area (Å²) in [4.78, 5) is 13.4. The van der Waals surface area contributed by atoms with Crippen molar-refractivity contribution in [1.82, 2.24) is 4.98 Å². The Bertz CT molecular complexity index is 379. The third kappa shape index (κ3) is 1.37. The number of hydrogen-bond acceptors (Lipinski definition) is 4. The second-order valence-electron chi connectivity index (χ2n) is 2.12. The minimum atomic E-state index is -1.91. The zero-order chi connectivity index (χ0) is 9.14. The van der Waals surface area contributed by atoms with Gasteiger partial charge in [-0.25, -0.2) is 0 Å². The van der Waals surface area contributed by atoms with E-state index >= 15 is 0 Å². The van der Waals surface area contributed by atoms with Gasteiger partial charge in [0.25, 0.3) is 0 Å². The Morgan fingerprint density at radius 3 is 2.67 bits per heavy atom. The molecule has 0 spiro atoms. The highest BCUT2D eigenvalue weighted by Crippen LogP contribution is 1.83. The predicted octanol–water partition coefficient (Wildman–Crippen LogP) is -2.07. The molecule has 0 bridgehead atoms. The lowest BCUT2D eigenvalue weighted by atomic mass is 9.79. The molecule has 0 saturated carbocycles. The van der Waals surface area contributed by atoms with Gasteiger partial charge in [0, 0.05) is 12.3 Å². The number of nitrogens with zero attached hydrogens (tertiary/aromatic N) is 1. The maximum Gasteiger partial charge on any atom is 0.495 e. The van der Waals surface area contributed by atoms with Gasteiger partial charge < -0.3 is 15.0 Å². The van der Waals surface area contributed by atoms with E-state index in [0.717, 1.165) is 6.07 Å². The van der Waals surface area contributed by atoms with Gasteiger partial charge in [0.1, 0.15) is 11.8 Å². The first-order valence-electron chi connectivity index (χ1n) is 3.14. The monoisotopic (exact) mass is 164 g/mol. The standard InChI is InChI=1S/C6H5BN2O3/c8-3-4-6(7(11)12)5(10)1-2-9-4/h1-2,11-12H,(H,9,10). The second kappa shape index (κ2) is 3.22. The summed E-state index contributed by atoms with van der Waals surface area (Å²) in [5, 5.41) is 25.9. The molecule has 0 atom stereocenters. The van der Waals surface area contributed by atoms with Crippen LogP contribution in [0.2, 0.25) is 0 Å². The third-order valence-corrected chi connectivity index (χ3v) is 1.37. The first kappa shape index (κ1) is 8.52. The molecular formula is C6H5BN2O3. The first-order valence-corrected chi connectivity index (χ1v) is 3.14. The number of H-pyrrole nitrogens is 1. The SMILES string of the molecule is N#Cc1[nH]ccc(=O)c1B(O)O. The van der Waals surface area contributed by atoms with Crippen molar-refractivity contribution >= 4 is 12.6 Å². The summed E-state index contributed by atoms with van der Waals surface area (Å²) >= 11 is 0. The van der Waals surface area contributed by atoms with Crippen molar-refractivity contribution in [2.24, 2.45) is 0 Å². The summed E-state index contributed by atoms with van der Waals surface area (Å²) < 4.78 is 0. The van der Waals surface area contributed by atoms with Crippen LogP contribution in [-0.4, -0.2) is 22.2 Å². The second-order valence-corrected chi connectivity index (χ2v) is 2.12. The van der Waals surface area contributed by atoms with Crippen molar-refractivity contribution in [3.05, 3.63) is 28.2 Å². The fraction of sp³-hybridized carbons (Fsp3) is 0. The van der Waals surface area contributed by atoms with Crippen LogP contribution >= 0.6 is 0 Å². The van der Waals surface area contributed by atoms with Gasteiger partial charge in [0.15, 0.2) is 5.43 Å². The molecule has 3 N–H and O–H groups in total. The van der Waals surface area contributed by atoms with Crippen LogP contribution in [0.1, 0.15) is 5.69 Å². The fourth-order valence-electron chi connectivity index (χ4n) is 0.840. The van der Waals surface area contributed by atoms with Crippen molar-refractivity contribution in [2.75, 3.05) is 0 Å². The Morgan fingerprint density at radius 2 is 2.25 bits per heavy atom. The number of aromatic amines is 1. The minimum absolute atomic E-state index is 0.127. The number of nitriles is 1. The molecule has 1 aromatic rings. The van der Waals surface area contributed by atoms with Gasteiger partial charge in [0.2, 0.25) is 0 Å². The van der Waals surface area contributed by atoms with E-state index in [9.17, 15) is 4.79 Å². The predicted molar refractivity (Wildman–Crippen MR) is 41.6 cm³/mol. The van der Waals surface area contributed by atoms with E-state index in [-0.39, 0.29) is 11.2 Å². The summed E-state index contributed by atoms with van der Waals surface area (Å²) in [6.45, 7) is 0. The molecule has 0 fully saturated rings. The highest BCUT2D eigenvalue weighted by molar-refractivity contribution is 6.59. The molecule has 0 saturated heterocycles. The van der Waals surface area contributed by atoms with Crippen LogP contribution in [0.4, 0.5) is 0 Å². The van der Waals surface area contributed by atoms with Crippen molar-refractivity contribution < 1.29 is 10.0 Å². The molecule has 0 aromatic carbocycles. The summed E-state index contributed by atoms with van der Waals surface area (Å²) in [6.07, 6.45) is 1.27. The van der Waals surface area contributed by atoms with Crippen LogP contribution < -0.4 is 10.9 Å². The molecule has 1 heterocycles. The Morgan fingerprint density at radius 1 is 1.58 bits per heavy atom.